The molecule has 0 bridgehead atoms. The lowest BCUT2D eigenvalue weighted by Crippen LogP contribution is -2.36. The molecule has 4 rings (SSSR count). The Balaban J connectivity index is 2.03. The van der Waals surface area contributed by atoms with Gasteiger partial charge in [0, 0.05) is 11.6 Å². The largest absolute Gasteiger partial charge is 0.508 e. The average Bonchev–Trinajstić information content (AvgIpc) is 2.94. The number of carbonyl (C=O) groups excluding carboxylic acids is 1. The number of phenolic OH excluding ortho intramolecular Hbond substituents is 1. The Morgan fingerprint density at radius 1 is 0.920 bits per heavy atom. The van der Waals surface area contributed by atoms with Gasteiger partial charge in [-0.15, -0.1) is 0 Å². The van der Waals surface area contributed by atoms with Crippen molar-refractivity contribution < 1.29 is 19.4 Å². The molecule has 1 aliphatic rings. The molecule has 0 radical (unpaired) electrons. The van der Waals surface area contributed by atoms with Gasteiger partial charge in [-0.3, -0.25) is 0 Å². The first-order valence-electron chi connectivity index (χ1n) is 7.92. The van der Waals surface area contributed by atoms with E-state index in [-0.39, 0.29) is 11.7 Å². The molecular formula is C21H16O4. The first-order chi connectivity index (χ1) is 12.2. The first-order valence-corrected chi connectivity index (χ1v) is 7.92. The van der Waals surface area contributed by atoms with Crippen molar-refractivity contribution in [3.63, 3.8) is 0 Å². The summed E-state index contributed by atoms with van der Waals surface area (Å²) < 4.78 is 10.8. The van der Waals surface area contributed by atoms with Gasteiger partial charge in [0.1, 0.15) is 22.7 Å². The van der Waals surface area contributed by atoms with E-state index in [0.29, 0.717) is 17.1 Å². The molecule has 0 spiro atoms. The predicted octanol–water partition coefficient (Wildman–Crippen LogP) is 3.65. The summed E-state index contributed by atoms with van der Waals surface area (Å²) in [5.41, 5.74) is 1.24. The van der Waals surface area contributed by atoms with Crippen molar-refractivity contribution in [2.45, 2.75) is 5.41 Å². The van der Waals surface area contributed by atoms with Crippen molar-refractivity contribution in [3.8, 4) is 17.2 Å². The third-order valence-electron chi connectivity index (χ3n) is 4.61. The van der Waals surface area contributed by atoms with Gasteiger partial charge in [-0.2, -0.15) is 0 Å². The molecule has 124 valence electrons. The van der Waals surface area contributed by atoms with E-state index in [2.05, 4.69) is 0 Å². The van der Waals surface area contributed by atoms with Crippen LogP contribution in [0.25, 0.3) is 0 Å². The van der Waals surface area contributed by atoms with Gasteiger partial charge in [0.2, 0.25) is 0 Å². The molecule has 1 N–H and O–H groups in total. The van der Waals surface area contributed by atoms with Crippen LogP contribution >= 0.6 is 0 Å². The van der Waals surface area contributed by atoms with Gasteiger partial charge in [0.25, 0.3) is 0 Å². The Morgan fingerprint density at radius 3 is 2.28 bits per heavy atom. The van der Waals surface area contributed by atoms with Crippen LogP contribution in [0.2, 0.25) is 0 Å². The zero-order valence-electron chi connectivity index (χ0n) is 13.6. The minimum absolute atomic E-state index is 0.0603. The van der Waals surface area contributed by atoms with Crippen LogP contribution in [0.1, 0.15) is 16.7 Å². The Kier molecular flexibility index (Phi) is 3.46. The maximum absolute atomic E-state index is 13.1. The normalized spacial score (nSPS) is 18.5. The number of fused-ring (bicyclic) bond motifs is 1. The molecule has 0 fully saturated rings. The van der Waals surface area contributed by atoms with Crippen LogP contribution in [0, 0.1) is 0 Å². The summed E-state index contributed by atoms with van der Waals surface area (Å²) in [5.74, 6) is 0.767. The smallest absolute Gasteiger partial charge is 0.331 e. The van der Waals surface area contributed by atoms with E-state index in [9.17, 15) is 9.90 Å². The molecule has 1 heterocycles. The van der Waals surface area contributed by atoms with E-state index in [1.165, 1.54) is 6.07 Å². The lowest BCUT2D eigenvalue weighted by Gasteiger charge is -2.27. The highest BCUT2D eigenvalue weighted by molar-refractivity contribution is 5.98. The molecule has 4 heteroatoms. The molecule has 25 heavy (non-hydrogen) atoms. The third-order valence-corrected chi connectivity index (χ3v) is 4.61. The van der Waals surface area contributed by atoms with Crippen LogP contribution in [0.3, 0.4) is 0 Å². The summed E-state index contributed by atoms with van der Waals surface area (Å²) >= 11 is 0. The monoisotopic (exact) mass is 332 g/mol. The molecule has 1 aliphatic heterocycles. The van der Waals surface area contributed by atoms with Gasteiger partial charge < -0.3 is 14.6 Å². The highest BCUT2D eigenvalue weighted by atomic mass is 16.5. The summed E-state index contributed by atoms with van der Waals surface area (Å²) in [5, 5.41) is 9.75. The van der Waals surface area contributed by atoms with Crippen molar-refractivity contribution in [2.24, 2.45) is 0 Å². The Morgan fingerprint density at radius 2 is 1.60 bits per heavy atom. The molecule has 0 aliphatic carbocycles. The van der Waals surface area contributed by atoms with Crippen molar-refractivity contribution in [1.82, 2.24) is 0 Å². The average molecular weight is 332 g/mol. The second-order valence-electron chi connectivity index (χ2n) is 5.91. The lowest BCUT2D eigenvalue weighted by molar-refractivity contribution is -0.135. The van der Waals surface area contributed by atoms with Gasteiger partial charge >= 0.3 is 5.97 Å². The van der Waals surface area contributed by atoms with Crippen molar-refractivity contribution in [3.05, 3.63) is 89.5 Å². The molecular weight excluding hydrogens is 316 g/mol. The molecule has 1 unspecified atom stereocenters. The van der Waals surface area contributed by atoms with Crippen LogP contribution in [0.5, 0.6) is 17.2 Å². The summed E-state index contributed by atoms with van der Waals surface area (Å²) in [7, 11) is 1.60. The fourth-order valence-corrected chi connectivity index (χ4v) is 3.43. The lowest BCUT2D eigenvalue weighted by atomic mass is 9.70. The summed E-state index contributed by atoms with van der Waals surface area (Å²) in [4.78, 5) is 13.1. The van der Waals surface area contributed by atoms with Gasteiger partial charge in [-0.05, 0) is 35.4 Å². The number of ether oxygens (including phenoxy) is 2. The SMILES string of the molecule is COc1ccc(C2(c3ccccc3)C(=O)Oc3cc(O)ccc32)cc1. The van der Waals surface area contributed by atoms with Crippen LogP contribution in [-0.4, -0.2) is 18.2 Å². The number of hydrogen-bond donors (Lipinski definition) is 1. The number of carbonyl (C=O) groups is 1. The number of rotatable bonds is 3. The highest BCUT2D eigenvalue weighted by Gasteiger charge is 2.52. The van der Waals surface area contributed by atoms with Gasteiger partial charge in [-0.1, -0.05) is 42.5 Å². The summed E-state index contributed by atoms with van der Waals surface area (Å²) in [6, 6.07) is 21.7. The van der Waals surface area contributed by atoms with Gasteiger partial charge in [0.05, 0.1) is 7.11 Å². The standard InChI is InChI=1S/C21H16O4/c1-24-17-10-7-15(8-11-17)21(14-5-3-2-4-6-14)18-12-9-16(22)13-19(18)25-20(21)23/h2-13,22H,1H3. The molecule has 4 nitrogen and oxygen atoms in total. The molecule has 1 atom stereocenters. The quantitative estimate of drug-likeness (QED) is 0.587. The molecule has 0 aromatic heterocycles. The summed E-state index contributed by atoms with van der Waals surface area (Å²) in [6.45, 7) is 0. The van der Waals surface area contributed by atoms with Crippen molar-refractivity contribution >= 4 is 5.97 Å². The number of phenols is 1. The summed E-state index contributed by atoms with van der Waals surface area (Å²) in [6.07, 6.45) is 0. The molecule has 0 saturated heterocycles. The number of esters is 1. The Hall–Kier alpha value is -3.27. The Labute approximate surface area is 145 Å². The minimum atomic E-state index is -1.07. The number of hydrogen-bond acceptors (Lipinski definition) is 4. The van der Waals surface area contributed by atoms with E-state index < -0.39 is 5.41 Å². The number of benzene rings is 3. The van der Waals surface area contributed by atoms with Crippen molar-refractivity contribution in [1.29, 1.82) is 0 Å². The third kappa shape index (κ3) is 2.18. The first kappa shape index (κ1) is 15.3. The zero-order valence-corrected chi connectivity index (χ0v) is 13.6. The zero-order chi connectivity index (χ0) is 17.4. The highest BCUT2D eigenvalue weighted by Crippen LogP contribution is 2.49. The Bertz CT molecular complexity index is 932. The second kappa shape index (κ2) is 5.67. The van der Waals surface area contributed by atoms with Crippen LogP contribution < -0.4 is 9.47 Å². The van der Waals surface area contributed by atoms with E-state index in [1.807, 2.05) is 54.6 Å². The number of methoxy groups -OCH3 is 1. The number of aromatic hydroxyl groups is 1. The molecule has 3 aromatic rings. The second-order valence-corrected chi connectivity index (χ2v) is 5.91. The maximum Gasteiger partial charge on any atom is 0.331 e. The maximum atomic E-state index is 13.1. The van der Waals surface area contributed by atoms with E-state index in [1.54, 1.807) is 19.2 Å². The van der Waals surface area contributed by atoms with Crippen LogP contribution in [0.4, 0.5) is 0 Å². The van der Waals surface area contributed by atoms with E-state index >= 15 is 0 Å². The molecule has 0 amide bonds. The van der Waals surface area contributed by atoms with E-state index in [0.717, 1.165) is 11.1 Å². The predicted molar refractivity (Wildman–Crippen MR) is 93.1 cm³/mol. The van der Waals surface area contributed by atoms with Gasteiger partial charge in [0.15, 0.2) is 0 Å². The van der Waals surface area contributed by atoms with E-state index in [4.69, 9.17) is 9.47 Å². The van der Waals surface area contributed by atoms with Crippen LogP contribution in [0.15, 0.2) is 72.8 Å². The fourth-order valence-electron chi connectivity index (χ4n) is 3.43. The van der Waals surface area contributed by atoms with Crippen molar-refractivity contribution in [2.75, 3.05) is 7.11 Å². The molecule has 0 saturated carbocycles. The minimum Gasteiger partial charge on any atom is -0.508 e. The van der Waals surface area contributed by atoms with Gasteiger partial charge in [-0.25, -0.2) is 4.79 Å². The fraction of sp³-hybridized carbons (Fsp3) is 0.0952. The topological polar surface area (TPSA) is 55.8 Å². The molecule has 3 aromatic carbocycles. The van der Waals surface area contributed by atoms with Crippen LogP contribution in [-0.2, 0) is 10.2 Å².